The molecule has 0 fully saturated rings. The Labute approximate surface area is 173 Å². The lowest BCUT2D eigenvalue weighted by atomic mass is 10.2. The summed E-state index contributed by atoms with van der Waals surface area (Å²) in [5.74, 6) is 2.66. The van der Waals surface area contributed by atoms with Crippen LogP contribution in [0, 0.1) is 12.3 Å². The van der Waals surface area contributed by atoms with Crippen LogP contribution in [-0.4, -0.2) is 17.6 Å². The summed E-state index contributed by atoms with van der Waals surface area (Å²) in [7, 11) is 1.54. The lowest BCUT2D eigenvalue weighted by molar-refractivity contribution is 0.0973. The van der Waals surface area contributed by atoms with Gasteiger partial charge in [0.1, 0.15) is 0 Å². The maximum atomic E-state index is 12.8. The summed E-state index contributed by atoms with van der Waals surface area (Å²) in [5, 5.41) is 1.74. The molecular weight excluding hydrogens is 419 g/mol. The molecule has 28 heavy (non-hydrogen) atoms. The van der Waals surface area contributed by atoms with E-state index in [1.165, 1.54) is 18.4 Å². The van der Waals surface area contributed by atoms with Gasteiger partial charge in [-0.2, -0.15) is 4.99 Å². The molecule has 0 aliphatic heterocycles. The Morgan fingerprint density at radius 3 is 2.86 bits per heavy atom. The Kier molecular flexibility index (Phi) is 4.90. The monoisotopic (exact) mass is 430 g/mol. The van der Waals surface area contributed by atoms with Gasteiger partial charge in [0.15, 0.2) is 21.9 Å². The molecule has 140 valence electrons. The third kappa shape index (κ3) is 3.08. The molecule has 5 nitrogen and oxygen atoms in total. The average molecular weight is 431 g/mol. The first-order valence-electron chi connectivity index (χ1n) is 8.10. The number of thiazole rings is 1. The molecule has 2 aromatic carbocycles. The topological polar surface area (TPSA) is 56.7 Å². The second-order valence-electron chi connectivity index (χ2n) is 5.79. The number of carbonyl (C=O) groups is 1. The molecule has 0 saturated heterocycles. The zero-order chi connectivity index (χ0) is 19.8. The molecule has 2 aromatic heterocycles. The molecule has 0 spiro atoms. The predicted molar refractivity (Wildman–Crippen MR) is 111 cm³/mol. The van der Waals surface area contributed by atoms with Crippen molar-refractivity contribution in [2.75, 3.05) is 7.11 Å². The van der Waals surface area contributed by atoms with Gasteiger partial charge in [-0.05, 0) is 24.3 Å². The fourth-order valence-electron chi connectivity index (χ4n) is 2.88. The first kappa shape index (κ1) is 18.6. The van der Waals surface area contributed by atoms with Crippen LogP contribution in [0.5, 0.6) is 5.75 Å². The minimum atomic E-state index is -0.539. The van der Waals surface area contributed by atoms with Gasteiger partial charge >= 0.3 is 5.91 Å². The number of carbonyl (C=O) groups excluding carboxylic acids is 1. The Hall–Kier alpha value is -2.72. The number of benzene rings is 2. The number of hydrogen-bond acceptors (Lipinski definition) is 4. The summed E-state index contributed by atoms with van der Waals surface area (Å²) in [6.07, 6.45) is 5.49. The highest BCUT2D eigenvalue weighted by atomic mass is 35.5. The Balaban J connectivity index is 1.89. The number of terminal acetylenes is 1. The lowest BCUT2D eigenvalue weighted by Crippen LogP contribution is -2.16. The van der Waals surface area contributed by atoms with Crippen LogP contribution in [0.2, 0.25) is 10.0 Å². The Bertz CT molecular complexity index is 1340. The lowest BCUT2D eigenvalue weighted by Gasteiger charge is -2.02. The number of methoxy groups -OCH3 is 1. The molecule has 1 amide bonds. The van der Waals surface area contributed by atoms with Gasteiger partial charge in [-0.3, -0.25) is 4.79 Å². The van der Waals surface area contributed by atoms with Crippen LogP contribution in [0.25, 0.3) is 21.2 Å². The summed E-state index contributed by atoms with van der Waals surface area (Å²) in [5.41, 5.74) is 1.14. The fraction of sp³-hybridized carbons (Fsp3) is 0.100. The van der Waals surface area contributed by atoms with Gasteiger partial charge in [0.2, 0.25) is 0 Å². The summed E-state index contributed by atoms with van der Waals surface area (Å²) in [4.78, 5) is 17.4. The zero-order valence-corrected chi connectivity index (χ0v) is 16.9. The van der Waals surface area contributed by atoms with Gasteiger partial charge in [-0.25, -0.2) is 0 Å². The normalized spacial score (nSPS) is 11.9. The van der Waals surface area contributed by atoms with E-state index in [1.54, 1.807) is 28.8 Å². The molecule has 0 unspecified atom stereocenters. The minimum absolute atomic E-state index is 0.0985. The van der Waals surface area contributed by atoms with E-state index in [9.17, 15) is 4.79 Å². The van der Waals surface area contributed by atoms with Gasteiger partial charge in [0.25, 0.3) is 0 Å². The first-order chi connectivity index (χ1) is 13.5. The molecule has 2 heterocycles. The molecule has 0 bridgehead atoms. The van der Waals surface area contributed by atoms with Crippen molar-refractivity contribution >= 4 is 61.6 Å². The van der Waals surface area contributed by atoms with Crippen LogP contribution < -0.4 is 9.54 Å². The number of rotatable bonds is 3. The van der Waals surface area contributed by atoms with Crippen molar-refractivity contribution in [2.45, 2.75) is 6.54 Å². The number of amides is 1. The largest absolute Gasteiger partial charge is 0.493 e. The molecule has 0 aliphatic rings. The number of ether oxygens (including phenoxy) is 1. The van der Waals surface area contributed by atoms with E-state index in [0.29, 0.717) is 36.4 Å². The third-order valence-electron chi connectivity index (χ3n) is 4.11. The van der Waals surface area contributed by atoms with Crippen LogP contribution in [0.3, 0.4) is 0 Å². The maximum absolute atomic E-state index is 12.8. The summed E-state index contributed by atoms with van der Waals surface area (Å²) in [6.45, 7) is 0.195. The van der Waals surface area contributed by atoms with Crippen molar-refractivity contribution in [2.24, 2.45) is 4.99 Å². The Morgan fingerprint density at radius 2 is 2.11 bits per heavy atom. The second-order valence-corrected chi connectivity index (χ2v) is 7.58. The third-order valence-corrected chi connectivity index (χ3v) is 5.96. The van der Waals surface area contributed by atoms with E-state index in [2.05, 4.69) is 10.9 Å². The smallest absolute Gasteiger partial charge is 0.315 e. The maximum Gasteiger partial charge on any atom is 0.315 e. The highest BCUT2D eigenvalue weighted by Gasteiger charge is 2.17. The van der Waals surface area contributed by atoms with E-state index in [0.717, 1.165) is 5.39 Å². The second kappa shape index (κ2) is 7.36. The molecule has 0 atom stereocenters. The fourth-order valence-corrected chi connectivity index (χ4v) is 4.52. The average Bonchev–Trinajstić information content (AvgIpc) is 3.28. The quantitative estimate of drug-likeness (QED) is 0.422. The summed E-state index contributed by atoms with van der Waals surface area (Å²) in [6, 6.07) is 10.4. The van der Waals surface area contributed by atoms with Crippen LogP contribution in [0.4, 0.5) is 0 Å². The molecule has 0 N–H and O–H groups in total. The van der Waals surface area contributed by atoms with Gasteiger partial charge in [-0.1, -0.05) is 52.6 Å². The minimum Gasteiger partial charge on any atom is -0.493 e. The van der Waals surface area contributed by atoms with Crippen molar-refractivity contribution in [3.8, 4) is 18.1 Å². The van der Waals surface area contributed by atoms with Crippen molar-refractivity contribution in [1.29, 1.82) is 0 Å². The first-order valence-corrected chi connectivity index (χ1v) is 9.67. The van der Waals surface area contributed by atoms with Crippen molar-refractivity contribution in [1.82, 2.24) is 4.57 Å². The van der Waals surface area contributed by atoms with Gasteiger partial charge < -0.3 is 13.7 Å². The van der Waals surface area contributed by atoms with E-state index in [-0.39, 0.29) is 12.3 Å². The van der Waals surface area contributed by atoms with E-state index in [1.807, 2.05) is 12.1 Å². The van der Waals surface area contributed by atoms with Crippen LogP contribution in [-0.2, 0) is 6.54 Å². The molecule has 4 rings (SSSR count). The Morgan fingerprint density at radius 1 is 1.32 bits per heavy atom. The zero-order valence-electron chi connectivity index (χ0n) is 14.5. The van der Waals surface area contributed by atoms with Crippen molar-refractivity contribution in [3.05, 3.63) is 57.0 Å². The van der Waals surface area contributed by atoms with Gasteiger partial charge in [0, 0.05) is 5.39 Å². The van der Waals surface area contributed by atoms with Crippen LogP contribution in [0.15, 0.2) is 45.8 Å². The van der Waals surface area contributed by atoms with Crippen LogP contribution in [0.1, 0.15) is 10.6 Å². The number of fused-ring (bicyclic) bond motifs is 2. The number of hydrogen-bond donors (Lipinski definition) is 0. The number of furan rings is 1. The number of para-hydroxylation sites is 1. The SMILES string of the molecule is C#CCn1c(=NC(=O)c2cc3cccc(OC)c3o2)sc2c(Cl)ccc(Cl)c21. The molecule has 0 radical (unpaired) electrons. The molecule has 8 heteroatoms. The van der Waals surface area contributed by atoms with Crippen molar-refractivity contribution < 1.29 is 13.9 Å². The molecule has 4 aromatic rings. The number of aromatic nitrogens is 1. The molecular formula is C20H12Cl2N2O3S. The highest BCUT2D eigenvalue weighted by Crippen LogP contribution is 2.32. The molecule has 0 saturated carbocycles. The van der Waals surface area contributed by atoms with E-state index < -0.39 is 5.91 Å². The predicted octanol–water partition coefficient (Wildman–Crippen LogP) is 5.14. The van der Waals surface area contributed by atoms with Crippen LogP contribution >= 0.6 is 34.5 Å². The van der Waals surface area contributed by atoms with Gasteiger partial charge in [0.05, 0.1) is 33.9 Å². The summed E-state index contributed by atoms with van der Waals surface area (Å²) < 4.78 is 13.3. The molecule has 0 aliphatic carbocycles. The van der Waals surface area contributed by atoms with Gasteiger partial charge in [-0.15, -0.1) is 6.42 Å². The van der Waals surface area contributed by atoms with E-state index >= 15 is 0 Å². The number of halogens is 2. The summed E-state index contributed by atoms with van der Waals surface area (Å²) >= 11 is 13.8. The highest BCUT2D eigenvalue weighted by molar-refractivity contribution is 7.17. The number of nitrogens with zero attached hydrogens (tertiary/aromatic N) is 2. The standard InChI is InChI=1S/C20H12Cl2N2O3S/c1-3-9-24-16-12(21)7-8-13(22)18(16)28-20(24)23-19(25)15-10-11-5-4-6-14(26-2)17(11)27-15/h1,4-8,10H,9H2,2H3. The van der Waals surface area contributed by atoms with Crippen molar-refractivity contribution in [3.63, 3.8) is 0 Å². The van der Waals surface area contributed by atoms with E-state index in [4.69, 9.17) is 38.8 Å².